The Morgan fingerprint density at radius 2 is 1.90 bits per heavy atom. The Labute approximate surface area is 238 Å². The summed E-state index contributed by atoms with van der Waals surface area (Å²) in [4.78, 5) is 65.4. The molecule has 5 N–H and O–H groups in total. The van der Waals surface area contributed by atoms with Crippen LogP contribution in [0.2, 0.25) is 0 Å². The minimum Gasteiger partial charge on any atom is -0.534 e. The molecule has 42 heavy (non-hydrogen) atoms. The SMILES string of the molecule is CCN1CCN(C(=O)NC(C(=O)N[C@H]2Cc3cccc(C(=O)O)c3OB2O)c2ccc(-c3nn[nH]n3)cc2)C(=O)C1=O. The van der Waals surface area contributed by atoms with Crippen molar-refractivity contribution in [2.45, 2.75) is 25.3 Å². The van der Waals surface area contributed by atoms with Crippen LogP contribution >= 0.6 is 0 Å². The Hall–Kier alpha value is -5.32. The number of H-pyrrole nitrogens is 1. The molecule has 2 atom stereocenters. The maximum Gasteiger partial charge on any atom is 0.547 e. The van der Waals surface area contributed by atoms with Gasteiger partial charge in [0.15, 0.2) is 0 Å². The number of para-hydroxylation sites is 1. The summed E-state index contributed by atoms with van der Waals surface area (Å²) >= 11 is 0. The average molecular weight is 576 g/mol. The van der Waals surface area contributed by atoms with Crippen molar-refractivity contribution >= 4 is 36.8 Å². The minimum atomic E-state index is -1.60. The number of carboxylic acid groups (broad SMARTS) is 1. The Morgan fingerprint density at radius 1 is 1.14 bits per heavy atom. The van der Waals surface area contributed by atoms with Gasteiger partial charge in [0.2, 0.25) is 11.7 Å². The number of carbonyl (C=O) groups excluding carboxylic acids is 4. The molecular formula is C25H25BN8O8. The zero-order chi connectivity index (χ0) is 30.0. The standard InChI is InChI=1S/C25H25BN8O8/c1-2-33-10-11-34(23(37)22(33)36)25(40)28-18(13-6-8-14(9-7-13)20-29-31-32-30-20)21(35)27-17-12-15-4-3-5-16(24(38)39)19(15)42-26(17)41/h3-9,17-18,41H,2,10-12H2,1H3,(H,27,35)(H,28,40)(H,38,39)(H,29,30,31,32)/t17-,18?/m0/s1. The predicted molar refractivity (Wildman–Crippen MR) is 142 cm³/mol. The molecule has 0 spiro atoms. The average Bonchev–Trinajstić information content (AvgIpc) is 3.52. The number of likely N-dealkylation sites (N-methyl/N-ethyl adjacent to an activating group) is 1. The fourth-order valence-electron chi connectivity index (χ4n) is 4.76. The van der Waals surface area contributed by atoms with Gasteiger partial charge in [0.1, 0.15) is 11.8 Å². The van der Waals surface area contributed by atoms with Gasteiger partial charge in [0.25, 0.3) is 0 Å². The number of amides is 5. The molecule has 5 rings (SSSR count). The first-order valence-electron chi connectivity index (χ1n) is 12.9. The van der Waals surface area contributed by atoms with Crippen molar-refractivity contribution in [1.29, 1.82) is 0 Å². The number of carboxylic acids is 1. The lowest BCUT2D eigenvalue weighted by Gasteiger charge is -2.33. The van der Waals surface area contributed by atoms with Gasteiger partial charge in [-0.1, -0.05) is 36.4 Å². The molecule has 1 fully saturated rings. The van der Waals surface area contributed by atoms with Crippen LogP contribution in [0.25, 0.3) is 11.4 Å². The summed E-state index contributed by atoms with van der Waals surface area (Å²) in [6.07, 6.45) is 0.0345. The highest BCUT2D eigenvalue weighted by Crippen LogP contribution is 2.30. The number of urea groups is 1. The Morgan fingerprint density at radius 3 is 2.57 bits per heavy atom. The first-order chi connectivity index (χ1) is 20.2. The number of imide groups is 1. The van der Waals surface area contributed by atoms with E-state index in [1.54, 1.807) is 37.3 Å². The van der Waals surface area contributed by atoms with Gasteiger partial charge in [0, 0.05) is 25.2 Å². The highest BCUT2D eigenvalue weighted by molar-refractivity contribution is 6.47. The van der Waals surface area contributed by atoms with Crippen LogP contribution in [0.3, 0.4) is 0 Å². The van der Waals surface area contributed by atoms with E-state index in [1.807, 2.05) is 0 Å². The number of hydrogen-bond donors (Lipinski definition) is 5. The van der Waals surface area contributed by atoms with Gasteiger partial charge in [-0.3, -0.25) is 19.3 Å². The molecule has 0 bridgehead atoms. The first kappa shape index (κ1) is 28.2. The molecule has 3 heterocycles. The number of benzene rings is 2. The lowest BCUT2D eigenvalue weighted by atomic mass is 9.72. The maximum absolute atomic E-state index is 13.6. The van der Waals surface area contributed by atoms with Crippen molar-refractivity contribution < 1.29 is 38.8 Å². The van der Waals surface area contributed by atoms with Crippen LogP contribution in [0.1, 0.15) is 34.5 Å². The minimum absolute atomic E-state index is 0.000641. The Bertz CT molecular complexity index is 1530. The molecule has 0 saturated carbocycles. The van der Waals surface area contributed by atoms with Gasteiger partial charge in [-0.2, -0.15) is 5.21 Å². The van der Waals surface area contributed by atoms with E-state index >= 15 is 0 Å². The second kappa shape index (κ2) is 11.7. The van der Waals surface area contributed by atoms with Gasteiger partial charge in [-0.25, -0.2) is 9.59 Å². The molecule has 17 heteroatoms. The molecule has 2 aliphatic rings. The van der Waals surface area contributed by atoms with Gasteiger partial charge >= 0.3 is 30.9 Å². The van der Waals surface area contributed by atoms with Crippen LogP contribution in [0, 0.1) is 0 Å². The molecule has 16 nitrogen and oxygen atoms in total. The quantitative estimate of drug-likeness (QED) is 0.172. The smallest absolute Gasteiger partial charge is 0.534 e. The summed E-state index contributed by atoms with van der Waals surface area (Å²) < 4.78 is 5.46. The second-order valence-corrected chi connectivity index (χ2v) is 9.51. The van der Waals surface area contributed by atoms with E-state index in [0.29, 0.717) is 29.1 Å². The van der Waals surface area contributed by atoms with Gasteiger partial charge in [0.05, 0.1) is 11.5 Å². The highest BCUT2D eigenvalue weighted by atomic mass is 16.5. The van der Waals surface area contributed by atoms with Crippen LogP contribution in [0.4, 0.5) is 4.79 Å². The molecule has 216 valence electrons. The fourth-order valence-corrected chi connectivity index (χ4v) is 4.76. The molecule has 3 aromatic rings. The van der Waals surface area contributed by atoms with Crippen molar-refractivity contribution in [3.63, 3.8) is 0 Å². The normalized spacial score (nSPS) is 17.3. The summed E-state index contributed by atoms with van der Waals surface area (Å²) in [6, 6.07) is 8.43. The van der Waals surface area contributed by atoms with Crippen LogP contribution in [-0.2, 0) is 20.8 Å². The van der Waals surface area contributed by atoms with Crippen LogP contribution < -0.4 is 15.3 Å². The Kier molecular flexibility index (Phi) is 7.83. The Balaban J connectivity index is 1.39. The number of aromatic carboxylic acids is 1. The number of tetrazole rings is 1. The summed E-state index contributed by atoms with van der Waals surface area (Å²) in [5, 5.41) is 38.9. The van der Waals surface area contributed by atoms with Crippen molar-refractivity contribution in [3.8, 4) is 17.1 Å². The summed E-state index contributed by atoms with van der Waals surface area (Å²) in [7, 11) is -1.60. The number of fused-ring (bicyclic) bond motifs is 1. The van der Waals surface area contributed by atoms with Gasteiger partial charge in [-0.15, -0.1) is 10.2 Å². The van der Waals surface area contributed by atoms with Crippen LogP contribution in [0.5, 0.6) is 5.75 Å². The van der Waals surface area contributed by atoms with E-state index in [9.17, 15) is 34.1 Å². The molecule has 1 unspecified atom stereocenters. The number of hydrogen-bond acceptors (Lipinski definition) is 10. The lowest BCUT2D eigenvalue weighted by Crippen LogP contribution is -2.60. The maximum atomic E-state index is 13.6. The highest BCUT2D eigenvalue weighted by Gasteiger charge is 2.41. The number of nitrogens with one attached hydrogen (secondary N) is 3. The van der Waals surface area contributed by atoms with Crippen molar-refractivity contribution in [3.05, 3.63) is 59.2 Å². The predicted octanol–water partition coefficient (Wildman–Crippen LogP) is -0.854. The zero-order valence-corrected chi connectivity index (χ0v) is 22.2. The topological polar surface area (TPSA) is 220 Å². The number of aromatic nitrogens is 4. The lowest BCUT2D eigenvalue weighted by molar-refractivity contribution is -0.153. The molecule has 2 aliphatic heterocycles. The molecule has 5 amide bonds. The summed E-state index contributed by atoms with van der Waals surface area (Å²) in [5.74, 6) is -4.55. The first-order valence-corrected chi connectivity index (χ1v) is 12.9. The van der Waals surface area contributed by atoms with E-state index in [1.165, 1.54) is 17.0 Å². The fraction of sp³-hybridized carbons (Fsp3) is 0.280. The number of aromatic amines is 1. The van der Waals surface area contributed by atoms with Crippen molar-refractivity contribution in [1.82, 2.24) is 41.1 Å². The van der Waals surface area contributed by atoms with E-state index in [2.05, 4.69) is 31.3 Å². The largest absolute Gasteiger partial charge is 0.547 e. The summed E-state index contributed by atoms with van der Waals surface area (Å²) in [6.45, 7) is 2.10. The third kappa shape index (κ3) is 5.49. The van der Waals surface area contributed by atoms with Gasteiger partial charge < -0.3 is 30.3 Å². The molecule has 0 aliphatic carbocycles. The second-order valence-electron chi connectivity index (χ2n) is 9.51. The van der Waals surface area contributed by atoms with Gasteiger partial charge in [-0.05, 0) is 35.8 Å². The number of nitrogens with zero attached hydrogens (tertiary/aromatic N) is 5. The molecule has 2 aromatic carbocycles. The molecular weight excluding hydrogens is 551 g/mol. The van der Waals surface area contributed by atoms with Crippen LogP contribution in [-0.4, -0.2) is 103 Å². The van der Waals surface area contributed by atoms with E-state index in [0.717, 1.165) is 4.90 Å². The zero-order valence-electron chi connectivity index (χ0n) is 22.2. The van der Waals surface area contributed by atoms with E-state index in [4.69, 9.17) is 4.65 Å². The monoisotopic (exact) mass is 576 g/mol. The molecule has 0 radical (unpaired) electrons. The summed E-state index contributed by atoms with van der Waals surface area (Å²) in [5.41, 5.74) is 1.19. The third-order valence-electron chi connectivity index (χ3n) is 6.99. The van der Waals surface area contributed by atoms with E-state index < -0.39 is 48.8 Å². The van der Waals surface area contributed by atoms with Crippen molar-refractivity contribution in [2.24, 2.45) is 0 Å². The third-order valence-corrected chi connectivity index (χ3v) is 6.99. The van der Waals surface area contributed by atoms with E-state index in [-0.39, 0.29) is 30.8 Å². The number of piperazine rings is 1. The van der Waals surface area contributed by atoms with Crippen LogP contribution in [0.15, 0.2) is 42.5 Å². The molecule has 1 saturated heterocycles. The number of rotatable bonds is 7. The van der Waals surface area contributed by atoms with Crippen molar-refractivity contribution in [2.75, 3.05) is 19.6 Å². The molecule has 1 aromatic heterocycles. The number of carbonyl (C=O) groups is 5.